The zero-order valence-corrected chi connectivity index (χ0v) is 9.19. The van der Waals surface area contributed by atoms with Gasteiger partial charge in [0.2, 0.25) is 0 Å². The van der Waals surface area contributed by atoms with Crippen LogP contribution in [0.1, 0.15) is 26.7 Å². The molecule has 0 radical (unpaired) electrons. The summed E-state index contributed by atoms with van der Waals surface area (Å²) < 4.78 is 5.27. The fourth-order valence-electron chi connectivity index (χ4n) is 1.88. The summed E-state index contributed by atoms with van der Waals surface area (Å²) in [6.45, 7) is 4.32. The van der Waals surface area contributed by atoms with Gasteiger partial charge in [0.25, 0.3) is 0 Å². The van der Waals surface area contributed by atoms with Gasteiger partial charge in [-0.2, -0.15) is 0 Å². The first-order chi connectivity index (χ1) is 7.18. The minimum absolute atomic E-state index is 0.167. The van der Waals surface area contributed by atoms with Crippen molar-refractivity contribution in [2.24, 2.45) is 11.8 Å². The van der Waals surface area contributed by atoms with E-state index < -0.39 is 0 Å². The highest BCUT2D eigenvalue weighted by Gasteiger charge is 2.35. The van der Waals surface area contributed by atoms with E-state index in [2.05, 4.69) is 26.0 Å². The zero-order valence-electron chi connectivity index (χ0n) is 9.19. The predicted octanol–water partition coefficient (Wildman–Crippen LogP) is 2.98. The molecule has 2 nitrogen and oxygen atoms in total. The molecule has 0 spiro atoms. The SMILES string of the molecule is CC(C)CC=C1OC(=O)C2=CC=CCC12. The number of hydrogen-bond acceptors (Lipinski definition) is 2. The van der Waals surface area contributed by atoms with E-state index >= 15 is 0 Å². The zero-order chi connectivity index (χ0) is 10.8. The molecule has 2 rings (SSSR count). The smallest absolute Gasteiger partial charge is 0.339 e. The molecule has 1 atom stereocenters. The van der Waals surface area contributed by atoms with Gasteiger partial charge in [0, 0.05) is 5.57 Å². The fraction of sp³-hybridized carbons (Fsp3) is 0.462. The molecular weight excluding hydrogens is 188 g/mol. The summed E-state index contributed by atoms with van der Waals surface area (Å²) in [7, 11) is 0. The highest BCUT2D eigenvalue weighted by Crippen LogP contribution is 2.36. The molecule has 1 aliphatic heterocycles. The monoisotopic (exact) mass is 204 g/mol. The maximum Gasteiger partial charge on any atom is 0.339 e. The van der Waals surface area contributed by atoms with Gasteiger partial charge in [-0.1, -0.05) is 32.1 Å². The molecule has 0 aromatic heterocycles. The molecule has 15 heavy (non-hydrogen) atoms. The Bertz CT molecular complexity index is 359. The van der Waals surface area contributed by atoms with Gasteiger partial charge in [-0.15, -0.1) is 0 Å². The largest absolute Gasteiger partial charge is 0.427 e. The minimum Gasteiger partial charge on any atom is -0.427 e. The molecular formula is C13H16O2. The Balaban J connectivity index is 2.17. The minimum atomic E-state index is -0.167. The Hall–Kier alpha value is -1.31. The molecule has 1 heterocycles. The number of hydrogen-bond donors (Lipinski definition) is 0. The number of fused-ring (bicyclic) bond motifs is 1. The average molecular weight is 204 g/mol. The summed E-state index contributed by atoms with van der Waals surface area (Å²) in [5.41, 5.74) is 0.813. The van der Waals surface area contributed by atoms with Gasteiger partial charge in [0.15, 0.2) is 0 Å². The van der Waals surface area contributed by atoms with E-state index in [9.17, 15) is 4.79 Å². The summed E-state index contributed by atoms with van der Waals surface area (Å²) in [5, 5.41) is 0. The summed E-state index contributed by atoms with van der Waals surface area (Å²) in [6.07, 6.45) is 9.80. The third-order valence-electron chi connectivity index (χ3n) is 2.74. The van der Waals surface area contributed by atoms with Crippen molar-refractivity contribution in [2.75, 3.05) is 0 Å². The van der Waals surface area contributed by atoms with E-state index in [1.54, 1.807) is 0 Å². The fourth-order valence-corrected chi connectivity index (χ4v) is 1.88. The van der Waals surface area contributed by atoms with Crippen molar-refractivity contribution in [3.05, 3.63) is 35.6 Å². The summed E-state index contributed by atoms with van der Waals surface area (Å²) in [4.78, 5) is 11.5. The van der Waals surface area contributed by atoms with Crippen molar-refractivity contribution in [3.63, 3.8) is 0 Å². The molecule has 0 N–H and O–H groups in total. The lowest BCUT2D eigenvalue weighted by Crippen LogP contribution is -2.04. The van der Waals surface area contributed by atoms with E-state index in [1.807, 2.05) is 12.2 Å². The lowest BCUT2D eigenvalue weighted by Gasteiger charge is -2.10. The second-order valence-electron chi connectivity index (χ2n) is 4.46. The van der Waals surface area contributed by atoms with Crippen LogP contribution in [0.25, 0.3) is 0 Å². The Morgan fingerprint density at radius 2 is 2.40 bits per heavy atom. The summed E-state index contributed by atoms with van der Waals surface area (Å²) in [5.74, 6) is 1.47. The predicted molar refractivity (Wildman–Crippen MR) is 59.0 cm³/mol. The highest BCUT2D eigenvalue weighted by atomic mass is 16.5. The molecule has 0 bridgehead atoms. The molecule has 1 aliphatic carbocycles. The molecule has 2 aliphatic rings. The van der Waals surface area contributed by atoms with E-state index in [0.717, 1.165) is 24.2 Å². The lowest BCUT2D eigenvalue weighted by molar-refractivity contribution is -0.132. The maximum atomic E-state index is 11.5. The van der Waals surface area contributed by atoms with Gasteiger partial charge >= 0.3 is 5.97 Å². The third kappa shape index (κ3) is 2.04. The summed E-state index contributed by atoms with van der Waals surface area (Å²) >= 11 is 0. The Kier molecular flexibility index (Phi) is 2.76. The number of carbonyl (C=O) groups is 1. The molecule has 1 unspecified atom stereocenters. The molecule has 0 aromatic carbocycles. The molecule has 1 fully saturated rings. The number of esters is 1. The van der Waals surface area contributed by atoms with Gasteiger partial charge in [-0.25, -0.2) is 4.79 Å². The van der Waals surface area contributed by atoms with Gasteiger partial charge in [0.05, 0.1) is 5.92 Å². The molecule has 0 saturated carbocycles. The van der Waals surface area contributed by atoms with Gasteiger partial charge < -0.3 is 4.74 Å². The Labute approximate surface area is 90.3 Å². The molecule has 80 valence electrons. The standard InChI is InChI=1S/C13H16O2/c1-9(2)7-8-12-10-5-3-4-6-11(10)13(14)15-12/h3-4,6,8-10H,5,7H2,1-2H3. The first kappa shape index (κ1) is 10.2. The number of carbonyl (C=O) groups excluding carboxylic acids is 1. The molecule has 2 heteroatoms. The quantitative estimate of drug-likeness (QED) is 0.646. The van der Waals surface area contributed by atoms with Crippen LogP contribution in [0.5, 0.6) is 0 Å². The van der Waals surface area contributed by atoms with Crippen molar-refractivity contribution in [1.29, 1.82) is 0 Å². The van der Waals surface area contributed by atoms with Gasteiger partial charge in [-0.05, 0) is 24.8 Å². The number of cyclic esters (lactones) is 1. The Morgan fingerprint density at radius 3 is 3.13 bits per heavy atom. The van der Waals surface area contributed by atoms with Crippen molar-refractivity contribution in [1.82, 2.24) is 0 Å². The van der Waals surface area contributed by atoms with Crippen molar-refractivity contribution >= 4 is 5.97 Å². The molecule has 1 saturated heterocycles. The average Bonchev–Trinajstić information content (AvgIpc) is 2.54. The van der Waals surface area contributed by atoms with E-state index in [-0.39, 0.29) is 11.9 Å². The van der Waals surface area contributed by atoms with Crippen molar-refractivity contribution in [3.8, 4) is 0 Å². The Morgan fingerprint density at radius 1 is 1.60 bits per heavy atom. The van der Waals surface area contributed by atoms with Crippen LogP contribution in [-0.4, -0.2) is 5.97 Å². The first-order valence-corrected chi connectivity index (χ1v) is 5.47. The van der Waals surface area contributed by atoms with Crippen molar-refractivity contribution < 1.29 is 9.53 Å². The van der Waals surface area contributed by atoms with Crippen LogP contribution in [0.4, 0.5) is 0 Å². The van der Waals surface area contributed by atoms with Crippen LogP contribution < -0.4 is 0 Å². The van der Waals surface area contributed by atoms with E-state index in [0.29, 0.717) is 5.92 Å². The highest BCUT2D eigenvalue weighted by molar-refractivity contribution is 5.94. The van der Waals surface area contributed by atoms with Crippen LogP contribution >= 0.6 is 0 Å². The van der Waals surface area contributed by atoms with Crippen molar-refractivity contribution in [2.45, 2.75) is 26.7 Å². The van der Waals surface area contributed by atoms with E-state index in [4.69, 9.17) is 4.74 Å². The lowest BCUT2D eigenvalue weighted by atomic mass is 9.91. The van der Waals surface area contributed by atoms with Gasteiger partial charge in [0.1, 0.15) is 5.76 Å². The number of ether oxygens (including phenoxy) is 1. The number of allylic oxidation sites excluding steroid dienone is 5. The maximum absolute atomic E-state index is 11.5. The second kappa shape index (κ2) is 4.05. The summed E-state index contributed by atoms with van der Waals surface area (Å²) in [6, 6.07) is 0. The molecule has 0 aromatic rings. The first-order valence-electron chi connectivity index (χ1n) is 5.47. The van der Waals surface area contributed by atoms with Crippen LogP contribution in [0, 0.1) is 11.8 Å². The van der Waals surface area contributed by atoms with Crippen LogP contribution in [0.15, 0.2) is 35.6 Å². The topological polar surface area (TPSA) is 26.3 Å². The number of rotatable bonds is 2. The van der Waals surface area contributed by atoms with Crippen LogP contribution in [0.3, 0.4) is 0 Å². The second-order valence-corrected chi connectivity index (χ2v) is 4.46. The van der Waals surface area contributed by atoms with Gasteiger partial charge in [-0.3, -0.25) is 0 Å². The molecule has 0 amide bonds. The normalized spacial score (nSPS) is 26.9. The third-order valence-corrected chi connectivity index (χ3v) is 2.74. The van der Waals surface area contributed by atoms with Crippen LogP contribution in [-0.2, 0) is 9.53 Å². The van der Waals surface area contributed by atoms with E-state index in [1.165, 1.54) is 0 Å². The van der Waals surface area contributed by atoms with Crippen LogP contribution in [0.2, 0.25) is 0 Å².